The Hall–Kier alpha value is -2.08. The van der Waals surface area contributed by atoms with Gasteiger partial charge in [0.05, 0.1) is 11.3 Å². The topological polar surface area (TPSA) is 41.6 Å². The molecule has 0 unspecified atom stereocenters. The average Bonchev–Trinajstić information content (AvgIpc) is 2.76. The smallest absolute Gasteiger partial charge is 0.112 e. The molecule has 0 fully saturated rings. The number of nitriles is 1. The first-order valence-corrected chi connectivity index (χ1v) is 5.29. The lowest BCUT2D eigenvalue weighted by molar-refractivity contribution is 0.888. The maximum absolute atomic E-state index is 9.09. The van der Waals surface area contributed by atoms with Gasteiger partial charge in [-0.2, -0.15) is 5.26 Å². The van der Waals surface area contributed by atoms with Crippen LogP contribution in [0.3, 0.4) is 0 Å². The van der Waals surface area contributed by atoms with Gasteiger partial charge in [0.1, 0.15) is 11.9 Å². The monoisotopic (exact) mass is 211 g/mol. The van der Waals surface area contributed by atoms with Gasteiger partial charge in [0.2, 0.25) is 0 Å². The number of hydrogen-bond acceptors (Lipinski definition) is 2. The molecule has 0 bridgehead atoms. The van der Waals surface area contributed by atoms with Gasteiger partial charge >= 0.3 is 0 Å². The Kier molecular flexibility index (Phi) is 2.74. The third kappa shape index (κ3) is 1.70. The van der Waals surface area contributed by atoms with Crippen molar-refractivity contribution in [2.45, 2.75) is 20.3 Å². The molecule has 16 heavy (non-hydrogen) atoms. The normalized spacial score (nSPS) is 10.1. The summed E-state index contributed by atoms with van der Waals surface area (Å²) >= 11 is 0. The molecule has 1 heterocycles. The lowest BCUT2D eigenvalue weighted by atomic mass is 10.1. The summed E-state index contributed by atoms with van der Waals surface area (Å²) in [5, 5.41) is 9.09. The van der Waals surface area contributed by atoms with Gasteiger partial charge in [-0.3, -0.25) is 0 Å². The summed E-state index contributed by atoms with van der Waals surface area (Å²) in [5.74, 6) is 0.974. The number of rotatable bonds is 2. The van der Waals surface area contributed by atoms with E-state index in [1.165, 1.54) is 0 Å². The molecule has 0 aliphatic rings. The molecule has 0 atom stereocenters. The van der Waals surface area contributed by atoms with Crippen LogP contribution in [0.1, 0.15) is 23.9 Å². The lowest BCUT2D eigenvalue weighted by Gasteiger charge is -2.09. The second-order valence-electron chi connectivity index (χ2n) is 3.70. The van der Waals surface area contributed by atoms with Crippen LogP contribution in [-0.4, -0.2) is 9.55 Å². The van der Waals surface area contributed by atoms with Crippen molar-refractivity contribution in [2.24, 2.45) is 0 Å². The van der Waals surface area contributed by atoms with Crippen LogP contribution in [-0.2, 0) is 6.42 Å². The minimum absolute atomic E-state index is 0.679. The molecule has 0 saturated carbocycles. The van der Waals surface area contributed by atoms with Gasteiger partial charge in [0.15, 0.2) is 0 Å². The van der Waals surface area contributed by atoms with Crippen LogP contribution in [0, 0.1) is 18.3 Å². The molecule has 2 aromatic rings. The van der Waals surface area contributed by atoms with Gasteiger partial charge in [0.25, 0.3) is 0 Å². The summed E-state index contributed by atoms with van der Waals surface area (Å²) < 4.78 is 1.98. The molecule has 2 rings (SSSR count). The Balaban J connectivity index is 2.64. The quantitative estimate of drug-likeness (QED) is 0.766. The van der Waals surface area contributed by atoms with E-state index < -0.39 is 0 Å². The van der Waals surface area contributed by atoms with Gasteiger partial charge in [-0.25, -0.2) is 4.98 Å². The Morgan fingerprint density at radius 1 is 1.44 bits per heavy atom. The van der Waals surface area contributed by atoms with Crippen molar-refractivity contribution in [3.63, 3.8) is 0 Å². The fourth-order valence-corrected chi connectivity index (χ4v) is 1.75. The number of benzene rings is 1. The van der Waals surface area contributed by atoms with E-state index in [0.29, 0.717) is 5.56 Å². The summed E-state index contributed by atoms with van der Waals surface area (Å²) in [7, 11) is 0. The third-order valence-electron chi connectivity index (χ3n) is 2.57. The minimum atomic E-state index is 0.679. The Bertz CT molecular complexity index is 547. The molecule has 0 amide bonds. The Morgan fingerprint density at radius 3 is 2.94 bits per heavy atom. The number of nitrogens with zero attached hydrogens (tertiary/aromatic N) is 3. The van der Waals surface area contributed by atoms with E-state index >= 15 is 0 Å². The highest BCUT2D eigenvalue weighted by molar-refractivity contribution is 5.51. The molecular formula is C13H13N3. The van der Waals surface area contributed by atoms with Crippen molar-refractivity contribution in [1.29, 1.82) is 5.26 Å². The lowest BCUT2D eigenvalue weighted by Crippen LogP contribution is -2.01. The molecule has 0 saturated heterocycles. The minimum Gasteiger partial charge on any atom is -0.302 e. The summed E-state index contributed by atoms with van der Waals surface area (Å²) in [4.78, 5) is 4.27. The van der Waals surface area contributed by atoms with Crippen molar-refractivity contribution in [2.75, 3.05) is 0 Å². The first kappa shape index (κ1) is 10.4. The zero-order valence-electron chi connectivity index (χ0n) is 9.44. The number of aryl methyl sites for hydroxylation is 2. The van der Waals surface area contributed by atoms with Crippen molar-refractivity contribution in [1.82, 2.24) is 9.55 Å². The molecule has 80 valence electrons. The molecule has 0 spiro atoms. The van der Waals surface area contributed by atoms with E-state index in [1.54, 1.807) is 6.20 Å². The van der Waals surface area contributed by atoms with Crippen LogP contribution in [0.15, 0.2) is 30.6 Å². The first-order chi connectivity index (χ1) is 7.76. The molecule has 1 aromatic heterocycles. The molecule has 1 aromatic carbocycles. The second kappa shape index (κ2) is 4.19. The van der Waals surface area contributed by atoms with Gasteiger partial charge in [-0.1, -0.05) is 13.0 Å². The van der Waals surface area contributed by atoms with Crippen molar-refractivity contribution >= 4 is 0 Å². The van der Waals surface area contributed by atoms with E-state index in [1.807, 2.05) is 35.9 Å². The maximum Gasteiger partial charge on any atom is 0.112 e. The molecule has 3 heteroatoms. The number of hydrogen-bond donors (Lipinski definition) is 0. The second-order valence-corrected chi connectivity index (χ2v) is 3.70. The van der Waals surface area contributed by atoms with Crippen LogP contribution in [0.5, 0.6) is 0 Å². The largest absolute Gasteiger partial charge is 0.302 e. The van der Waals surface area contributed by atoms with Gasteiger partial charge in [-0.05, 0) is 24.6 Å². The highest BCUT2D eigenvalue weighted by atomic mass is 15.1. The fraction of sp³-hybridized carbons (Fsp3) is 0.231. The SMILES string of the molecule is CCc1nccn1-c1cc(C)ccc1C#N. The van der Waals surface area contributed by atoms with Crippen LogP contribution < -0.4 is 0 Å². The van der Waals surface area contributed by atoms with E-state index in [9.17, 15) is 0 Å². The van der Waals surface area contributed by atoms with Crippen LogP contribution in [0.2, 0.25) is 0 Å². The summed E-state index contributed by atoms with van der Waals surface area (Å²) in [6.07, 6.45) is 4.52. The highest BCUT2D eigenvalue weighted by Gasteiger charge is 2.07. The zero-order valence-corrected chi connectivity index (χ0v) is 9.44. The molecule has 3 nitrogen and oxygen atoms in total. The summed E-state index contributed by atoms with van der Waals surface area (Å²) in [6, 6.07) is 8.03. The summed E-state index contributed by atoms with van der Waals surface area (Å²) in [6.45, 7) is 4.08. The van der Waals surface area contributed by atoms with E-state index in [2.05, 4.69) is 18.0 Å². The Morgan fingerprint density at radius 2 is 2.25 bits per heavy atom. The predicted molar refractivity (Wildman–Crippen MR) is 62.4 cm³/mol. The van der Waals surface area contributed by atoms with Crippen molar-refractivity contribution in [3.05, 3.63) is 47.5 Å². The van der Waals surface area contributed by atoms with Crippen LogP contribution in [0.25, 0.3) is 5.69 Å². The average molecular weight is 211 g/mol. The Labute approximate surface area is 95.0 Å². The van der Waals surface area contributed by atoms with Gasteiger partial charge in [-0.15, -0.1) is 0 Å². The third-order valence-corrected chi connectivity index (χ3v) is 2.57. The maximum atomic E-state index is 9.09. The summed E-state index contributed by atoms with van der Waals surface area (Å²) in [5.41, 5.74) is 2.74. The standard InChI is InChI=1S/C13H13N3/c1-3-13-15-6-7-16(13)12-8-10(2)4-5-11(12)9-14/h4-8H,3H2,1-2H3. The van der Waals surface area contributed by atoms with Crippen LogP contribution >= 0.6 is 0 Å². The zero-order chi connectivity index (χ0) is 11.5. The number of imidazole rings is 1. The van der Waals surface area contributed by atoms with Gasteiger partial charge in [0, 0.05) is 18.8 Å². The first-order valence-electron chi connectivity index (χ1n) is 5.29. The number of aromatic nitrogens is 2. The fourth-order valence-electron chi connectivity index (χ4n) is 1.75. The van der Waals surface area contributed by atoms with E-state index in [0.717, 1.165) is 23.5 Å². The predicted octanol–water partition coefficient (Wildman–Crippen LogP) is 2.61. The van der Waals surface area contributed by atoms with E-state index in [4.69, 9.17) is 5.26 Å². The molecule has 0 aliphatic carbocycles. The van der Waals surface area contributed by atoms with Crippen molar-refractivity contribution < 1.29 is 0 Å². The van der Waals surface area contributed by atoms with Crippen LogP contribution in [0.4, 0.5) is 0 Å². The highest BCUT2D eigenvalue weighted by Crippen LogP contribution is 2.17. The van der Waals surface area contributed by atoms with Gasteiger partial charge < -0.3 is 4.57 Å². The van der Waals surface area contributed by atoms with Crippen molar-refractivity contribution in [3.8, 4) is 11.8 Å². The molecular weight excluding hydrogens is 198 g/mol. The van der Waals surface area contributed by atoms with E-state index in [-0.39, 0.29) is 0 Å². The molecule has 0 aliphatic heterocycles. The molecule has 0 N–H and O–H groups in total. The molecule has 0 radical (unpaired) electrons.